The Hall–Kier alpha value is -3.10. The number of pyridine rings is 1. The molecule has 1 aliphatic heterocycles. The van der Waals surface area contributed by atoms with Crippen LogP contribution in [0.4, 0.5) is 13.2 Å². The van der Waals surface area contributed by atoms with E-state index in [0.717, 1.165) is 25.7 Å². The molecule has 1 aliphatic carbocycles. The first-order valence-corrected chi connectivity index (χ1v) is 11.1. The van der Waals surface area contributed by atoms with Crippen LogP contribution in [0, 0.1) is 5.92 Å². The maximum Gasteiger partial charge on any atom is 0.422 e. The first-order valence-electron chi connectivity index (χ1n) is 11.1. The van der Waals surface area contributed by atoms with Crippen molar-refractivity contribution < 1.29 is 27.5 Å². The lowest BCUT2D eigenvalue weighted by molar-refractivity contribution is -0.154. The van der Waals surface area contributed by atoms with Gasteiger partial charge in [0.2, 0.25) is 11.8 Å². The largest absolute Gasteiger partial charge is 0.468 e. The fourth-order valence-electron chi connectivity index (χ4n) is 4.85. The van der Waals surface area contributed by atoms with Crippen LogP contribution in [-0.4, -0.2) is 46.6 Å². The van der Waals surface area contributed by atoms with Gasteiger partial charge in [0.25, 0.3) is 5.91 Å². The number of alkyl halides is 3. The molecular formula is C24H26F3N3O3. The Labute approximate surface area is 190 Å². The van der Waals surface area contributed by atoms with Gasteiger partial charge in [-0.25, -0.2) is 4.98 Å². The molecule has 2 heterocycles. The van der Waals surface area contributed by atoms with E-state index in [1.54, 1.807) is 41.3 Å². The fourth-order valence-corrected chi connectivity index (χ4v) is 4.85. The van der Waals surface area contributed by atoms with Crippen molar-refractivity contribution in [2.24, 2.45) is 5.92 Å². The predicted octanol–water partition coefficient (Wildman–Crippen LogP) is 4.11. The quantitative estimate of drug-likeness (QED) is 0.703. The third-order valence-corrected chi connectivity index (χ3v) is 6.32. The smallest absolute Gasteiger partial charge is 0.422 e. The summed E-state index contributed by atoms with van der Waals surface area (Å²) in [7, 11) is 0. The minimum absolute atomic E-state index is 0.0197. The number of carbonyl (C=O) groups excluding carboxylic acids is 2. The van der Waals surface area contributed by atoms with Crippen LogP contribution in [0.25, 0.3) is 0 Å². The van der Waals surface area contributed by atoms with E-state index in [9.17, 15) is 22.8 Å². The van der Waals surface area contributed by atoms with Gasteiger partial charge in [-0.3, -0.25) is 9.59 Å². The minimum Gasteiger partial charge on any atom is -0.468 e. The second kappa shape index (κ2) is 9.80. The van der Waals surface area contributed by atoms with Gasteiger partial charge in [-0.2, -0.15) is 13.2 Å². The molecule has 6 nitrogen and oxygen atoms in total. The molecule has 33 heavy (non-hydrogen) atoms. The van der Waals surface area contributed by atoms with Crippen molar-refractivity contribution in [1.82, 2.24) is 15.2 Å². The predicted molar refractivity (Wildman–Crippen MR) is 114 cm³/mol. The van der Waals surface area contributed by atoms with Crippen LogP contribution in [0.1, 0.15) is 48.0 Å². The fraction of sp³-hybridized carbons (Fsp3) is 0.458. The number of likely N-dealkylation sites (tertiary alicyclic amines) is 1. The lowest BCUT2D eigenvalue weighted by Gasteiger charge is -2.33. The number of hydrogen-bond donors (Lipinski definition) is 1. The number of nitrogens with zero attached hydrogens (tertiary/aromatic N) is 2. The third-order valence-electron chi connectivity index (χ3n) is 6.32. The maximum atomic E-state index is 13.3. The zero-order chi connectivity index (χ0) is 23.4. The van der Waals surface area contributed by atoms with Crippen LogP contribution < -0.4 is 10.1 Å². The number of ether oxygens (including phenoxy) is 1. The summed E-state index contributed by atoms with van der Waals surface area (Å²) in [6.07, 6.45) is 1.37. The average Bonchev–Trinajstić information content (AvgIpc) is 3.21. The van der Waals surface area contributed by atoms with Crippen molar-refractivity contribution >= 4 is 11.8 Å². The topological polar surface area (TPSA) is 71.5 Å². The van der Waals surface area contributed by atoms with Crippen LogP contribution in [0.5, 0.6) is 5.88 Å². The van der Waals surface area contributed by atoms with Crippen LogP contribution >= 0.6 is 0 Å². The van der Waals surface area contributed by atoms with Gasteiger partial charge in [-0.15, -0.1) is 0 Å². The molecule has 0 bridgehead atoms. The molecule has 3 atom stereocenters. The van der Waals surface area contributed by atoms with Crippen molar-refractivity contribution in [2.45, 2.75) is 56.9 Å². The Morgan fingerprint density at radius 2 is 1.85 bits per heavy atom. The Morgan fingerprint density at radius 3 is 2.61 bits per heavy atom. The number of halogens is 3. The van der Waals surface area contributed by atoms with E-state index < -0.39 is 18.8 Å². The maximum absolute atomic E-state index is 13.3. The van der Waals surface area contributed by atoms with Crippen molar-refractivity contribution in [3.8, 4) is 5.88 Å². The minimum atomic E-state index is -4.49. The van der Waals surface area contributed by atoms with E-state index in [0.29, 0.717) is 17.5 Å². The summed E-state index contributed by atoms with van der Waals surface area (Å²) in [4.78, 5) is 32.1. The van der Waals surface area contributed by atoms with E-state index in [1.807, 2.05) is 6.07 Å². The summed E-state index contributed by atoms with van der Waals surface area (Å²) < 4.78 is 42.4. The summed E-state index contributed by atoms with van der Waals surface area (Å²) in [5.41, 5.74) is 0.878. The summed E-state index contributed by atoms with van der Waals surface area (Å²) in [6, 6.07) is 11.4. The van der Waals surface area contributed by atoms with Gasteiger partial charge < -0.3 is 15.0 Å². The monoisotopic (exact) mass is 461 g/mol. The SMILES string of the molecule is O=C(NCc1cccnc1OCC(F)(F)F)C1CC2CCCCC2N1C(=O)c1ccccc1. The number of benzene rings is 1. The summed E-state index contributed by atoms with van der Waals surface area (Å²) in [6.45, 7) is -1.50. The van der Waals surface area contributed by atoms with Gasteiger partial charge in [-0.05, 0) is 43.4 Å². The first-order chi connectivity index (χ1) is 15.8. The standard InChI is InChI=1S/C24H26F3N3O3/c25-24(26,27)15-33-22-18(10-6-12-28-22)14-29-21(31)20-13-17-9-4-5-11-19(17)30(20)23(32)16-7-2-1-3-8-16/h1-3,6-8,10,12,17,19-20H,4-5,9,11,13-15H2,(H,29,31). The summed E-state index contributed by atoms with van der Waals surface area (Å²) >= 11 is 0. The first kappa shape index (κ1) is 23.1. The van der Waals surface area contributed by atoms with Gasteiger partial charge in [0, 0.05) is 29.9 Å². The summed E-state index contributed by atoms with van der Waals surface area (Å²) in [5.74, 6) is -0.390. The molecule has 3 unspecified atom stereocenters. The molecule has 2 aliphatic rings. The van der Waals surface area contributed by atoms with E-state index in [-0.39, 0.29) is 36.2 Å². The highest BCUT2D eigenvalue weighted by molar-refractivity contribution is 5.98. The molecule has 1 saturated heterocycles. The molecule has 1 N–H and O–H groups in total. The highest BCUT2D eigenvalue weighted by Gasteiger charge is 2.47. The number of fused-ring (bicyclic) bond motifs is 1. The number of amides is 2. The van der Waals surface area contributed by atoms with Crippen molar-refractivity contribution in [2.75, 3.05) is 6.61 Å². The van der Waals surface area contributed by atoms with Crippen LogP contribution in [0.3, 0.4) is 0 Å². The number of aromatic nitrogens is 1. The van der Waals surface area contributed by atoms with Crippen LogP contribution in [0.2, 0.25) is 0 Å². The van der Waals surface area contributed by atoms with E-state index >= 15 is 0 Å². The number of hydrogen-bond acceptors (Lipinski definition) is 4. The van der Waals surface area contributed by atoms with Crippen molar-refractivity contribution in [3.05, 3.63) is 59.8 Å². The number of nitrogens with one attached hydrogen (secondary N) is 1. The molecule has 2 fully saturated rings. The van der Waals surface area contributed by atoms with Crippen LogP contribution in [0.15, 0.2) is 48.7 Å². The highest BCUT2D eigenvalue weighted by atomic mass is 19.4. The highest BCUT2D eigenvalue weighted by Crippen LogP contribution is 2.40. The molecule has 176 valence electrons. The molecular weight excluding hydrogens is 435 g/mol. The molecule has 1 aromatic carbocycles. The van der Waals surface area contributed by atoms with Crippen molar-refractivity contribution in [1.29, 1.82) is 0 Å². The van der Waals surface area contributed by atoms with Gasteiger partial charge in [0.05, 0.1) is 0 Å². The lowest BCUT2D eigenvalue weighted by Crippen LogP contribution is -2.49. The van der Waals surface area contributed by atoms with Gasteiger partial charge in [0.1, 0.15) is 6.04 Å². The van der Waals surface area contributed by atoms with E-state index in [2.05, 4.69) is 10.3 Å². The molecule has 4 rings (SSSR count). The Kier molecular flexibility index (Phi) is 6.85. The number of rotatable bonds is 6. The molecule has 0 radical (unpaired) electrons. The van der Waals surface area contributed by atoms with Crippen LogP contribution in [-0.2, 0) is 11.3 Å². The molecule has 1 saturated carbocycles. The second-order valence-corrected chi connectivity index (χ2v) is 8.53. The second-order valence-electron chi connectivity index (χ2n) is 8.53. The van der Waals surface area contributed by atoms with Gasteiger partial charge >= 0.3 is 6.18 Å². The molecule has 9 heteroatoms. The van der Waals surface area contributed by atoms with Gasteiger partial charge in [-0.1, -0.05) is 37.1 Å². The Balaban J connectivity index is 1.48. The molecule has 2 aromatic rings. The normalized spacial score (nSPS) is 22.5. The Bertz CT molecular complexity index is 984. The van der Waals surface area contributed by atoms with Gasteiger partial charge in [0.15, 0.2) is 6.61 Å². The third kappa shape index (κ3) is 5.46. The van der Waals surface area contributed by atoms with E-state index in [1.165, 1.54) is 6.20 Å². The lowest BCUT2D eigenvalue weighted by atomic mass is 9.84. The number of carbonyl (C=O) groups is 2. The van der Waals surface area contributed by atoms with E-state index in [4.69, 9.17) is 4.74 Å². The molecule has 0 spiro atoms. The molecule has 1 aromatic heterocycles. The zero-order valence-corrected chi connectivity index (χ0v) is 18.1. The average molecular weight is 461 g/mol. The molecule has 2 amide bonds. The zero-order valence-electron chi connectivity index (χ0n) is 18.1. The Morgan fingerprint density at radius 1 is 1.09 bits per heavy atom. The van der Waals surface area contributed by atoms with Crippen molar-refractivity contribution in [3.63, 3.8) is 0 Å². The summed E-state index contributed by atoms with van der Waals surface area (Å²) in [5, 5.41) is 2.79.